The maximum Gasteiger partial charge on any atom is 0.0914 e. The minimum atomic E-state index is -0.387. The quantitative estimate of drug-likeness (QED) is 0.851. The zero-order chi connectivity index (χ0) is 13.2. The molecule has 2 heteroatoms. The molecule has 2 N–H and O–H groups in total. The summed E-state index contributed by atoms with van der Waals surface area (Å²) in [5.41, 5.74) is 1.01. The van der Waals surface area contributed by atoms with Crippen LogP contribution in [0.5, 0.6) is 0 Å². The summed E-state index contributed by atoms with van der Waals surface area (Å²) in [6.07, 6.45) is 5.36. The standard InChI is InChI=1S/C17H25NO/c1-12(16-10-13-7-8-15(16)9-13)18-11-17(19)14-5-3-2-4-6-14/h2-6,12-13,15-19H,7-11H2,1H3/t12-,13-,15-,16-,17+/m0/s1. The molecule has 1 aromatic rings. The van der Waals surface area contributed by atoms with Gasteiger partial charge in [-0.1, -0.05) is 36.8 Å². The summed E-state index contributed by atoms with van der Waals surface area (Å²) >= 11 is 0. The number of hydrogen-bond donors (Lipinski definition) is 2. The summed E-state index contributed by atoms with van der Waals surface area (Å²) in [4.78, 5) is 0. The van der Waals surface area contributed by atoms with Gasteiger partial charge in [0.1, 0.15) is 0 Å². The van der Waals surface area contributed by atoms with Crippen LogP contribution in [0.2, 0.25) is 0 Å². The summed E-state index contributed by atoms with van der Waals surface area (Å²) in [6.45, 7) is 2.96. The highest BCUT2D eigenvalue weighted by Gasteiger charge is 2.41. The Morgan fingerprint density at radius 3 is 2.63 bits per heavy atom. The van der Waals surface area contributed by atoms with Gasteiger partial charge in [0.2, 0.25) is 0 Å². The van der Waals surface area contributed by atoms with Gasteiger partial charge in [-0.2, -0.15) is 0 Å². The number of aliphatic hydroxyl groups is 1. The summed E-state index contributed by atoms with van der Waals surface area (Å²) in [6, 6.07) is 10.5. The summed E-state index contributed by atoms with van der Waals surface area (Å²) in [5.74, 6) is 2.78. The minimum absolute atomic E-state index is 0.387. The Bertz CT molecular complexity index is 405. The first-order chi connectivity index (χ1) is 9.24. The maximum atomic E-state index is 10.2. The molecule has 2 saturated carbocycles. The van der Waals surface area contributed by atoms with E-state index in [1.807, 2.05) is 30.3 Å². The molecular weight excluding hydrogens is 234 g/mol. The highest BCUT2D eigenvalue weighted by Crippen LogP contribution is 2.49. The lowest BCUT2D eigenvalue weighted by atomic mass is 9.84. The molecule has 0 aromatic heterocycles. The van der Waals surface area contributed by atoms with Crippen molar-refractivity contribution in [3.8, 4) is 0 Å². The van der Waals surface area contributed by atoms with Gasteiger partial charge < -0.3 is 10.4 Å². The molecule has 104 valence electrons. The average Bonchev–Trinajstić information content (AvgIpc) is 3.08. The van der Waals surface area contributed by atoms with Crippen LogP contribution in [0.1, 0.15) is 44.3 Å². The minimum Gasteiger partial charge on any atom is -0.387 e. The zero-order valence-electron chi connectivity index (χ0n) is 11.8. The summed E-state index contributed by atoms with van der Waals surface area (Å²) in [7, 11) is 0. The van der Waals surface area contributed by atoms with Crippen LogP contribution in [0.4, 0.5) is 0 Å². The van der Waals surface area contributed by atoms with Crippen LogP contribution in [-0.2, 0) is 0 Å². The van der Waals surface area contributed by atoms with Gasteiger partial charge in [0, 0.05) is 12.6 Å². The van der Waals surface area contributed by atoms with E-state index >= 15 is 0 Å². The monoisotopic (exact) mass is 259 g/mol. The number of rotatable bonds is 5. The highest BCUT2D eigenvalue weighted by molar-refractivity contribution is 5.17. The third-order valence-electron chi connectivity index (χ3n) is 5.25. The number of nitrogens with one attached hydrogen (secondary N) is 1. The molecule has 0 aliphatic heterocycles. The largest absolute Gasteiger partial charge is 0.387 e. The second-order valence-corrected chi connectivity index (χ2v) is 6.46. The van der Waals surface area contributed by atoms with Crippen molar-refractivity contribution < 1.29 is 5.11 Å². The van der Waals surface area contributed by atoms with Crippen LogP contribution >= 0.6 is 0 Å². The van der Waals surface area contributed by atoms with Gasteiger partial charge in [0.15, 0.2) is 0 Å². The van der Waals surface area contributed by atoms with Crippen LogP contribution in [-0.4, -0.2) is 17.7 Å². The average molecular weight is 259 g/mol. The molecule has 2 fully saturated rings. The molecule has 0 unspecified atom stereocenters. The third-order valence-corrected chi connectivity index (χ3v) is 5.25. The van der Waals surface area contributed by atoms with Gasteiger partial charge in [-0.25, -0.2) is 0 Å². The Kier molecular flexibility index (Phi) is 3.90. The van der Waals surface area contributed by atoms with Crippen molar-refractivity contribution in [3.63, 3.8) is 0 Å². The van der Waals surface area contributed by atoms with Crippen LogP contribution in [0.25, 0.3) is 0 Å². The van der Waals surface area contributed by atoms with Crippen molar-refractivity contribution in [2.24, 2.45) is 17.8 Å². The van der Waals surface area contributed by atoms with Crippen molar-refractivity contribution >= 4 is 0 Å². The summed E-state index contributed by atoms with van der Waals surface area (Å²) < 4.78 is 0. The van der Waals surface area contributed by atoms with Crippen molar-refractivity contribution in [2.75, 3.05) is 6.54 Å². The predicted octanol–water partition coefficient (Wildman–Crippen LogP) is 3.13. The van der Waals surface area contributed by atoms with Crippen molar-refractivity contribution in [1.29, 1.82) is 0 Å². The van der Waals surface area contributed by atoms with E-state index in [1.165, 1.54) is 25.7 Å². The molecule has 0 amide bonds. The first-order valence-corrected chi connectivity index (χ1v) is 7.70. The van der Waals surface area contributed by atoms with Gasteiger partial charge in [0.05, 0.1) is 6.10 Å². The van der Waals surface area contributed by atoms with Gasteiger partial charge in [-0.05, 0) is 49.5 Å². The predicted molar refractivity (Wildman–Crippen MR) is 77.8 cm³/mol. The molecule has 0 radical (unpaired) electrons. The van der Waals surface area contributed by atoms with E-state index in [-0.39, 0.29) is 6.10 Å². The smallest absolute Gasteiger partial charge is 0.0914 e. The molecule has 0 spiro atoms. The molecule has 2 bridgehead atoms. The maximum absolute atomic E-state index is 10.2. The Morgan fingerprint density at radius 1 is 1.21 bits per heavy atom. The normalized spacial score (nSPS) is 32.4. The Labute approximate surface area is 116 Å². The van der Waals surface area contributed by atoms with E-state index in [1.54, 1.807) is 0 Å². The number of hydrogen-bond acceptors (Lipinski definition) is 2. The van der Waals surface area contributed by atoms with Gasteiger partial charge in [-0.15, -0.1) is 0 Å². The van der Waals surface area contributed by atoms with E-state index in [0.717, 1.165) is 23.3 Å². The number of aliphatic hydroxyl groups excluding tert-OH is 1. The Balaban J connectivity index is 1.49. The van der Waals surface area contributed by atoms with Gasteiger partial charge in [0.25, 0.3) is 0 Å². The molecular formula is C17H25NO. The lowest BCUT2D eigenvalue weighted by Gasteiger charge is -2.29. The molecule has 2 aliphatic carbocycles. The fourth-order valence-corrected chi connectivity index (χ4v) is 4.15. The van der Waals surface area contributed by atoms with E-state index in [0.29, 0.717) is 12.6 Å². The molecule has 1 aromatic carbocycles. The Hall–Kier alpha value is -0.860. The molecule has 2 nitrogen and oxygen atoms in total. The fourth-order valence-electron chi connectivity index (χ4n) is 4.15. The Morgan fingerprint density at radius 2 is 2.00 bits per heavy atom. The van der Waals surface area contributed by atoms with Crippen LogP contribution in [0.15, 0.2) is 30.3 Å². The second kappa shape index (κ2) is 5.64. The lowest BCUT2D eigenvalue weighted by molar-refractivity contribution is 0.158. The SMILES string of the molecule is C[C@H](NC[C@@H](O)c1ccccc1)[C@@H]1C[C@H]2CC[C@H]1C2. The second-order valence-electron chi connectivity index (χ2n) is 6.46. The molecule has 19 heavy (non-hydrogen) atoms. The molecule has 3 rings (SSSR count). The lowest BCUT2D eigenvalue weighted by Crippen LogP contribution is -2.38. The zero-order valence-corrected chi connectivity index (χ0v) is 11.8. The van der Waals surface area contributed by atoms with Crippen LogP contribution in [0, 0.1) is 17.8 Å². The van der Waals surface area contributed by atoms with Gasteiger partial charge in [-0.3, -0.25) is 0 Å². The summed E-state index contributed by atoms with van der Waals surface area (Å²) in [5, 5.41) is 13.7. The van der Waals surface area contributed by atoms with Gasteiger partial charge >= 0.3 is 0 Å². The molecule has 2 aliphatic rings. The number of benzene rings is 1. The molecule has 0 saturated heterocycles. The van der Waals surface area contributed by atoms with Crippen molar-refractivity contribution in [1.82, 2.24) is 5.32 Å². The van der Waals surface area contributed by atoms with Crippen LogP contribution in [0.3, 0.4) is 0 Å². The number of fused-ring (bicyclic) bond motifs is 2. The molecule has 5 atom stereocenters. The van der Waals surface area contributed by atoms with Crippen molar-refractivity contribution in [2.45, 2.75) is 44.8 Å². The van der Waals surface area contributed by atoms with E-state index in [9.17, 15) is 5.11 Å². The van der Waals surface area contributed by atoms with E-state index < -0.39 is 0 Å². The first-order valence-electron chi connectivity index (χ1n) is 7.70. The third kappa shape index (κ3) is 2.85. The topological polar surface area (TPSA) is 32.3 Å². The van der Waals surface area contributed by atoms with Crippen LogP contribution < -0.4 is 5.32 Å². The fraction of sp³-hybridized carbons (Fsp3) is 0.647. The van der Waals surface area contributed by atoms with E-state index in [4.69, 9.17) is 0 Å². The molecule has 0 heterocycles. The van der Waals surface area contributed by atoms with E-state index in [2.05, 4.69) is 12.2 Å². The van der Waals surface area contributed by atoms with Crippen molar-refractivity contribution in [3.05, 3.63) is 35.9 Å². The highest BCUT2D eigenvalue weighted by atomic mass is 16.3. The first kappa shape index (κ1) is 13.1.